The van der Waals surface area contributed by atoms with E-state index in [9.17, 15) is 8.42 Å². The minimum Gasteiger partial charge on any atom is -0.506 e. The van der Waals surface area contributed by atoms with E-state index in [1.165, 1.54) is 18.2 Å². The highest BCUT2D eigenvalue weighted by Crippen LogP contribution is 2.20. The van der Waals surface area contributed by atoms with Crippen LogP contribution < -0.4 is 0 Å². The van der Waals surface area contributed by atoms with E-state index in [4.69, 9.17) is 9.66 Å². The lowest BCUT2D eigenvalue weighted by molar-refractivity contribution is 0.443. The fraction of sp³-hybridized carbons (Fsp3) is 0. The van der Waals surface area contributed by atoms with E-state index in [0.29, 0.717) is 0 Å². The number of aromatic hydroxyl groups is 1. The van der Waals surface area contributed by atoms with Crippen LogP contribution >= 0.6 is 0 Å². The molecule has 0 saturated heterocycles. The Kier molecular flexibility index (Phi) is 52.5. The van der Waals surface area contributed by atoms with Crippen LogP contribution in [0.4, 0.5) is 0 Å². The monoisotopic (exact) mass is 318 g/mol. The highest BCUT2D eigenvalue weighted by Gasteiger charge is 2.12. The molecule has 0 saturated carbocycles. The number of para-hydroxylation sites is 1. The summed E-state index contributed by atoms with van der Waals surface area (Å²) in [5.74, 6) is -0.449. The molecule has 0 unspecified atom stereocenters. The van der Waals surface area contributed by atoms with Gasteiger partial charge in [0.15, 0.2) is 0 Å². The third kappa shape index (κ3) is 14.6. The first-order chi connectivity index (χ1) is 5.02. The van der Waals surface area contributed by atoms with Gasteiger partial charge in [-0.05, 0) is 12.1 Å². The van der Waals surface area contributed by atoms with Crippen LogP contribution in [0.25, 0.3) is 0 Å². The molecule has 1 rings (SSSR count). The summed E-state index contributed by atoms with van der Waals surface area (Å²) < 4.78 is 29.4. The summed E-state index contributed by atoms with van der Waals surface area (Å²) in [6.07, 6.45) is 0. The lowest BCUT2D eigenvalue weighted by Crippen LogP contribution is -1.97. The van der Waals surface area contributed by atoms with Crippen LogP contribution in [0.1, 0.15) is 0 Å². The minimum absolute atomic E-state index is 0. The number of hydrogen-bond acceptors (Lipinski definition) is 3. The SMILES string of the molecule is O.O.O.O.O.O.O.O.O=S(=O)(O)c1ccccc1O. The molecular formula is C6H22O12S. The molecule has 0 aliphatic heterocycles. The Morgan fingerprint density at radius 1 is 0.737 bits per heavy atom. The molecule has 0 radical (unpaired) electrons. The Morgan fingerprint density at radius 3 is 1.26 bits per heavy atom. The van der Waals surface area contributed by atoms with Crippen LogP contribution in [-0.4, -0.2) is 61.9 Å². The summed E-state index contributed by atoms with van der Waals surface area (Å²) in [6.45, 7) is 0. The van der Waals surface area contributed by atoms with Crippen molar-refractivity contribution in [1.82, 2.24) is 0 Å². The van der Waals surface area contributed by atoms with Crippen molar-refractivity contribution in [3.8, 4) is 5.75 Å². The first-order valence-electron chi connectivity index (χ1n) is 2.77. The predicted octanol–water partition coefficient (Wildman–Crippen LogP) is -5.96. The summed E-state index contributed by atoms with van der Waals surface area (Å²) in [7, 11) is -4.28. The Bertz CT molecular complexity index is 362. The van der Waals surface area contributed by atoms with Crippen molar-refractivity contribution < 1.29 is 61.9 Å². The molecule has 1 aromatic carbocycles. The zero-order valence-corrected chi connectivity index (χ0v) is 10.2. The fourth-order valence-electron chi connectivity index (χ4n) is 0.675. The molecule has 0 aromatic heterocycles. The lowest BCUT2D eigenvalue weighted by Gasteiger charge is -1.97. The number of phenolic OH excluding ortho intramolecular Hbond substituents is 1. The molecule has 0 aliphatic rings. The normalized spacial score (nSPS) is 6.58. The highest BCUT2D eigenvalue weighted by molar-refractivity contribution is 7.86. The molecule has 0 spiro atoms. The molecule has 124 valence electrons. The van der Waals surface area contributed by atoms with Gasteiger partial charge >= 0.3 is 0 Å². The van der Waals surface area contributed by atoms with Crippen molar-refractivity contribution >= 4 is 10.1 Å². The van der Waals surface area contributed by atoms with Crippen molar-refractivity contribution in [2.45, 2.75) is 4.90 Å². The van der Waals surface area contributed by atoms with Crippen LogP contribution in [0.5, 0.6) is 5.75 Å². The van der Waals surface area contributed by atoms with Gasteiger partial charge in [0.05, 0.1) is 0 Å². The van der Waals surface area contributed by atoms with Gasteiger partial charge in [-0.25, -0.2) is 0 Å². The second-order valence-electron chi connectivity index (χ2n) is 1.94. The van der Waals surface area contributed by atoms with Gasteiger partial charge in [-0.2, -0.15) is 8.42 Å². The predicted molar refractivity (Wildman–Crippen MR) is 66.8 cm³/mol. The van der Waals surface area contributed by atoms with E-state index in [1.807, 2.05) is 0 Å². The zero-order chi connectivity index (χ0) is 8.48. The second kappa shape index (κ2) is 19.0. The third-order valence-electron chi connectivity index (χ3n) is 1.14. The average Bonchev–Trinajstić information content (AvgIpc) is 1.86. The first kappa shape index (κ1) is 52.6. The number of rotatable bonds is 1. The lowest BCUT2D eigenvalue weighted by atomic mass is 10.3. The molecule has 0 bridgehead atoms. The molecule has 19 heavy (non-hydrogen) atoms. The smallest absolute Gasteiger partial charge is 0.298 e. The summed E-state index contributed by atoms with van der Waals surface area (Å²) in [5, 5.41) is 8.91. The Labute approximate surface area is 108 Å². The molecule has 0 fully saturated rings. The Balaban J connectivity index is -0.0000000252. The topological polar surface area (TPSA) is 327 Å². The van der Waals surface area contributed by atoms with Gasteiger partial charge in [-0.1, -0.05) is 12.1 Å². The van der Waals surface area contributed by atoms with Gasteiger partial charge < -0.3 is 48.9 Å². The largest absolute Gasteiger partial charge is 0.506 e. The molecular weight excluding hydrogens is 296 g/mol. The summed E-state index contributed by atoms with van der Waals surface area (Å²) in [6, 6.07) is 5.17. The molecule has 13 heteroatoms. The van der Waals surface area contributed by atoms with Crippen molar-refractivity contribution in [2.24, 2.45) is 0 Å². The Hall–Kier alpha value is -1.39. The quantitative estimate of drug-likeness (QED) is 0.477. The maximum atomic E-state index is 10.4. The first-order valence-corrected chi connectivity index (χ1v) is 4.21. The molecule has 0 amide bonds. The maximum Gasteiger partial charge on any atom is 0.298 e. The molecule has 12 nitrogen and oxygen atoms in total. The third-order valence-corrected chi connectivity index (χ3v) is 2.04. The van der Waals surface area contributed by atoms with Gasteiger partial charge in [-0.3, -0.25) is 4.55 Å². The maximum absolute atomic E-state index is 10.4. The van der Waals surface area contributed by atoms with Gasteiger partial charge in [-0.15, -0.1) is 0 Å². The van der Waals surface area contributed by atoms with Gasteiger partial charge in [0.25, 0.3) is 10.1 Å². The van der Waals surface area contributed by atoms with E-state index in [1.54, 1.807) is 0 Å². The van der Waals surface area contributed by atoms with Crippen LogP contribution in [0.3, 0.4) is 0 Å². The average molecular weight is 318 g/mol. The second-order valence-corrected chi connectivity index (χ2v) is 3.33. The van der Waals surface area contributed by atoms with Gasteiger partial charge in [0, 0.05) is 0 Å². The number of hydrogen-bond donors (Lipinski definition) is 2. The van der Waals surface area contributed by atoms with E-state index < -0.39 is 20.8 Å². The van der Waals surface area contributed by atoms with Crippen molar-refractivity contribution in [1.29, 1.82) is 0 Å². The van der Waals surface area contributed by atoms with Gasteiger partial charge in [0.1, 0.15) is 10.6 Å². The van der Waals surface area contributed by atoms with Crippen molar-refractivity contribution in [3.05, 3.63) is 24.3 Å². The highest BCUT2D eigenvalue weighted by atomic mass is 32.2. The van der Waals surface area contributed by atoms with E-state index in [0.717, 1.165) is 6.07 Å². The van der Waals surface area contributed by atoms with Gasteiger partial charge in [0.2, 0.25) is 0 Å². The number of phenols is 1. The van der Waals surface area contributed by atoms with E-state index in [-0.39, 0.29) is 43.8 Å². The van der Waals surface area contributed by atoms with Crippen LogP contribution in [0.15, 0.2) is 29.2 Å². The van der Waals surface area contributed by atoms with Crippen LogP contribution in [0.2, 0.25) is 0 Å². The fourth-order valence-corrected chi connectivity index (χ4v) is 1.26. The molecule has 0 atom stereocenters. The van der Waals surface area contributed by atoms with Crippen LogP contribution in [-0.2, 0) is 10.1 Å². The minimum atomic E-state index is -4.28. The van der Waals surface area contributed by atoms with Crippen molar-refractivity contribution in [2.75, 3.05) is 0 Å². The van der Waals surface area contributed by atoms with Crippen molar-refractivity contribution in [3.63, 3.8) is 0 Å². The summed E-state index contributed by atoms with van der Waals surface area (Å²) >= 11 is 0. The standard InChI is InChI=1S/C6H6O4S.8H2O/c7-5-3-1-2-4-6(5)11(8,9)10;;;;;;;;/h1-4,7H,(H,8,9,10);8*1H2. The van der Waals surface area contributed by atoms with E-state index in [2.05, 4.69) is 0 Å². The molecule has 0 aliphatic carbocycles. The number of benzene rings is 1. The van der Waals surface area contributed by atoms with E-state index >= 15 is 0 Å². The molecule has 0 heterocycles. The summed E-state index contributed by atoms with van der Waals surface area (Å²) in [4.78, 5) is -0.472. The Morgan fingerprint density at radius 2 is 1.05 bits per heavy atom. The zero-order valence-electron chi connectivity index (χ0n) is 9.43. The molecule has 1 aromatic rings. The molecule has 18 N–H and O–H groups in total. The van der Waals surface area contributed by atoms with Crippen LogP contribution in [0, 0.1) is 0 Å². The summed E-state index contributed by atoms with van der Waals surface area (Å²) in [5.41, 5.74) is 0.